The third-order valence-electron chi connectivity index (χ3n) is 6.66. The number of allylic oxidation sites excluding steroid dienone is 1. The van der Waals surface area contributed by atoms with E-state index in [1.165, 1.54) is 6.07 Å². The molecule has 0 saturated carbocycles. The van der Waals surface area contributed by atoms with Crippen LogP contribution in [0.15, 0.2) is 76.8 Å². The number of aliphatic hydroxyl groups excluding tert-OH is 1. The summed E-state index contributed by atoms with van der Waals surface area (Å²) in [5.74, 6) is -1.44. The van der Waals surface area contributed by atoms with E-state index in [-0.39, 0.29) is 11.3 Å². The molecule has 0 aliphatic carbocycles. The molecular weight excluding hydrogens is 468 g/mol. The predicted octanol–water partition coefficient (Wildman–Crippen LogP) is 4.16. The van der Waals surface area contributed by atoms with Gasteiger partial charge in [-0.1, -0.05) is 42.5 Å². The normalized spacial score (nSPS) is 19.7. The van der Waals surface area contributed by atoms with E-state index in [2.05, 4.69) is 20.8 Å². The fraction of sp³-hybridized carbons (Fsp3) is 0.172. The van der Waals surface area contributed by atoms with Crippen LogP contribution in [0.5, 0.6) is 0 Å². The lowest BCUT2D eigenvalue weighted by Gasteiger charge is -2.26. The molecule has 5 rings (SSSR count). The Kier molecular flexibility index (Phi) is 6.19. The number of carboxylic acids is 1. The van der Waals surface area contributed by atoms with Gasteiger partial charge in [-0.05, 0) is 78.4 Å². The molecule has 8 heteroatoms. The van der Waals surface area contributed by atoms with Gasteiger partial charge in [0.25, 0.3) is 5.91 Å². The molecule has 0 fully saturated rings. The van der Waals surface area contributed by atoms with Crippen molar-refractivity contribution in [1.82, 2.24) is 5.43 Å². The minimum absolute atomic E-state index is 0.133. The number of hydrogen-bond donors (Lipinski definition) is 4. The third kappa shape index (κ3) is 4.54. The van der Waals surface area contributed by atoms with Gasteiger partial charge in [0.1, 0.15) is 6.10 Å². The lowest BCUT2D eigenvalue weighted by molar-refractivity contribution is -0.110. The number of hydrazone groups is 1. The number of aromatic carboxylic acids is 1. The van der Waals surface area contributed by atoms with Gasteiger partial charge in [0.2, 0.25) is 0 Å². The van der Waals surface area contributed by atoms with E-state index in [0.717, 1.165) is 28.0 Å². The van der Waals surface area contributed by atoms with E-state index in [4.69, 9.17) is 0 Å². The van der Waals surface area contributed by atoms with Crippen molar-refractivity contribution in [2.24, 2.45) is 10.1 Å². The van der Waals surface area contributed by atoms with Crippen molar-refractivity contribution in [3.05, 3.63) is 94.6 Å². The summed E-state index contributed by atoms with van der Waals surface area (Å²) in [7, 11) is 0. The summed E-state index contributed by atoms with van der Waals surface area (Å²) in [6.45, 7) is 5.91. The Morgan fingerprint density at radius 2 is 1.78 bits per heavy atom. The van der Waals surface area contributed by atoms with Crippen LogP contribution in [0.4, 0.5) is 5.69 Å². The molecular formula is C29H26N4O4. The van der Waals surface area contributed by atoms with Crippen molar-refractivity contribution in [3.8, 4) is 11.1 Å². The van der Waals surface area contributed by atoms with Gasteiger partial charge in [0, 0.05) is 11.3 Å². The molecule has 0 spiro atoms. The number of aliphatic imine (C=N–C) groups is 1. The summed E-state index contributed by atoms with van der Waals surface area (Å²) in [4.78, 5) is 28.9. The average Bonchev–Trinajstić information content (AvgIpc) is 3.21. The summed E-state index contributed by atoms with van der Waals surface area (Å²) in [6.07, 6.45) is 0.0700. The van der Waals surface area contributed by atoms with Gasteiger partial charge in [-0.15, -0.1) is 0 Å². The maximum atomic E-state index is 12.9. The Morgan fingerprint density at radius 3 is 2.54 bits per heavy atom. The first-order valence-corrected chi connectivity index (χ1v) is 11.9. The van der Waals surface area contributed by atoms with Gasteiger partial charge in [-0.25, -0.2) is 4.79 Å². The number of fused-ring (bicyclic) bond motifs is 1. The number of carboxylic acid groups (broad SMARTS) is 1. The second-order valence-corrected chi connectivity index (χ2v) is 9.22. The second kappa shape index (κ2) is 9.48. The lowest BCUT2D eigenvalue weighted by Crippen LogP contribution is -2.40. The fourth-order valence-electron chi connectivity index (χ4n) is 4.59. The Hall–Kier alpha value is -4.56. The number of amides is 1. The topological polar surface area (TPSA) is 123 Å². The number of hydrogen-bond acceptors (Lipinski definition) is 6. The van der Waals surface area contributed by atoms with E-state index < -0.39 is 24.1 Å². The van der Waals surface area contributed by atoms with Gasteiger partial charge >= 0.3 is 5.97 Å². The molecule has 4 N–H and O–H groups in total. The van der Waals surface area contributed by atoms with Crippen LogP contribution in [-0.2, 0) is 4.79 Å². The summed E-state index contributed by atoms with van der Waals surface area (Å²) in [6, 6.07) is 17.9. The number of nitrogens with one attached hydrogen (secondary N) is 2. The molecule has 0 bridgehead atoms. The number of nitrogens with zero attached hydrogens (tertiary/aromatic N) is 2. The van der Waals surface area contributed by atoms with E-state index in [9.17, 15) is 19.8 Å². The Bertz CT molecular complexity index is 1540. The standard InChI is InChI=1S/C29H26N4O4/c1-15-10-11-19(12-16(15)2)22-13-17(3)30-27(26(22)34)33-32-25-24-21(8-5-9-23(24)31-28(25)35)18-6-4-7-20(14-18)29(36)37/h4-14,26-27,33-34H,1-3H3,(H,36,37)(H,31,32,35). The molecule has 2 aliphatic heterocycles. The molecule has 0 radical (unpaired) electrons. The minimum Gasteiger partial charge on any atom is -0.478 e. The molecule has 186 valence electrons. The maximum absolute atomic E-state index is 12.9. The van der Waals surface area contributed by atoms with E-state index in [1.54, 1.807) is 30.3 Å². The Morgan fingerprint density at radius 1 is 1.00 bits per heavy atom. The zero-order valence-electron chi connectivity index (χ0n) is 20.6. The minimum atomic E-state index is -1.04. The van der Waals surface area contributed by atoms with Gasteiger partial charge in [0.15, 0.2) is 11.9 Å². The van der Waals surface area contributed by atoms with Crippen LogP contribution in [0.1, 0.15) is 39.5 Å². The molecule has 2 unspecified atom stereocenters. The largest absolute Gasteiger partial charge is 0.478 e. The van der Waals surface area contributed by atoms with Crippen molar-refractivity contribution >= 4 is 34.6 Å². The van der Waals surface area contributed by atoms with Crippen molar-refractivity contribution in [2.45, 2.75) is 33.0 Å². The van der Waals surface area contributed by atoms with Crippen LogP contribution < -0.4 is 10.7 Å². The first-order valence-electron chi connectivity index (χ1n) is 11.9. The number of aryl methyl sites for hydroxylation is 2. The quantitative estimate of drug-likeness (QED) is 0.397. The predicted molar refractivity (Wildman–Crippen MR) is 144 cm³/mol. The zero-order chi connectivity index (χ0) is 26.3. The lowest BCUT2D eigenvalue weighted by atomic mass is 9.93. The van der Waals surface area contributed by atoms with Crippen LogP contribution in [-0.4, -0.2) is 45.8 Å². The van der Waals surface area contributed by atoms with Crippen LogP contribution in [0.3, 0.4) is 0 Å². The van der Waals surface area contributed by atoms with Gasteiger partial charge in [0.05, 0.1) is 11.3 Å². The molecule has 2 heterocycles. The average molecular weight is 495 g/mol. The number of benzene rings is 3. The molecule has 1 amide bonds. The Balaban J connectivity index is 1.48. The maximum Gasteiger partial charge on any atom is 0.335 e. The highest BCUT2D eigenvalue weighted by Crippen LogP contribution is 2.34. The van der Waals surface area contributed by atoms with Crippen LogP contribution in [0.2, 0.25) is 0 Å². The fourth-order valence-corrected chi connectivity index (χ4v) is 4.59. The number of carbonyl (C=O) groups excluding carboxylic acids is 1. The van der Waals surface area contributed by atoms with Crippen molar-refractivity contribution in [3.63, 3.8) is 0 Å². The van der Waals surface area contributed by atoms with Crippen molar-refractivity contribution in [1.29, 1.82) is 0 Å². The van der Waals surface area contributed by atoms with E-state index in [0.29, 0.717) is 22.4 Å². The van der Waals surface area contributed by atoms with Gasteiger partial charge in [-0.2, -0.15) is 5.10 Å². The number of rotatable bonds is 5. The molecule has 37 heavy (non-hydrogen) atoms. The smallest absolute Gasteiger partial charge is 0.335 e. The van der Waals surface area contributed by atoms with Gasteiger partial charge in [-0.3, -0.25) is 15.2 Å². The Labute approximate surface area is 214 Å². The first-order chi connectivity index (χ1) is 17.7. The highest BCUT2D eigenvalue weighted by molar-refractivity contribution is 6.54. The third-order valence-corrected chi connectivity index (χ3v) is 6.66. The molecule has 2 aliphatic rings. The molecule has 8 nitrogen and oxygen atoms in total. The number of dihydropyridines is 1. The van der Waals surface area contributed by atoms with Crippen molar-refractivity contribution < 1.29 is 19.8 Å². The van der Waals surface area contributed by atoms with Crippen LogP contribution in [0.25, 0.3) is 16.7 Å². The summed E-state index contributed by atoms with van der Waals surface area (Å²) >= 11 is 0. The highest BCUT2D eigenvalue weighted by atomic mass is 16.4. The van der Waals surface area contributed by atoms with E-state index in [1.807, 2.05) is 51.1 Å². The molecule has 2 atom stereocenters. The van der Waals surface area contributed by atoms with Crippen LogP contribution in [0, 0.1) is 13.8 Å². The molecule has 0 aromatic heterocycles. The SMILES string of the molecule is CC1=NC(NN=C2C(=O)Nc3cccc(-c4cccc(C(=O)O)c4)c32)C(O)C(c2ccc(C)c(C)c2)=C1. The summed E-state index contributed by atoms with van der Waals surface area (Å²) in [5, 5.41) is 27.8. The van der Waals surface area contributed by atoms with Gasteiger partial charge < -0.3 is 15.5 Å². The molecule has 3 aromatic carbocycles. The number of anilines is 1. The second-order valence-electron chi connectivity index (χ2n) is 9.22. The number of carbonyl (C=O) groups is 2. The summed E-state index contributed by atoms with van der Waals surface area (Å²) in [5.41, 5.74) is 10.2. The monoisotopic (exact) mass is 494 g/mol. The highest BCUT2D eigenvalue weighted by Gasteiger charge is 2.31. The van der Waals surface area contributed by atoms with Crippen molar-refractivity contribution in [2.75, 3.05) is 5.32 Å². The first kappa shape index (κ1) is 24.1. The van der Waals surface area contributed by atoms with E-state index >= 15 is 0 Å². The summed E-state index contributed by atoms with van der Waals surface area (Å²) < 4.78 is 0. The molecule has 0 saturated heterocycles. The zero-order valence-corrected chi connectivity index (χ0v) is 20.6. The van der Waals surface area contributed by atoms with Crippen LogP contribution >= 0.6 is 0 Å². The molecule has 3 aromatic rings. The number of aliphatic hydroxyl groups is 1.